The van der Waals surface area contributed by atoms with Crippen molar-refractivity contribution >= 4 is 11.8 Å². The molecule has 3 nitrogen and oxygen atoms in total. The molecule has 3 atom stereocenters. The van der Waals surface area contributed by atoms with E-state index in [1.807, 2.05) is 11.8 Å². The Labute approximate surface area is 87.4 Å². The highest BCUT2D eigenvalue weighted by atomic mass is 32.2. The fraction of sp³-hybridized carbons (Fsp3) is 0.600. The maximum atomic E-state index is 4.05. The van der Waals surface area contributed by atoms with Crippen LogP contribution in [0.3, 0.4) is 0 Å². The van der Waals surface area contributed by atoms with E-state index in [-0.39, 0.29) is 0 Å². The van der Waals surface area contributed by atoms with Crippen molar-refractivity contribution in [2.75, 3.05) is 5.75 Å². The molecule has 1 saturated carbocycles. The van der Waals surface area contributed by atoms with E-state index in [4.69, 9.17) is 0 Å². The Morgan fingerprint density at radius 2 is 2.43 bits per heavy atom. The van der Waals surface area contributed by atoms with Crippen LogP contribution in [0.25, 0.3) is 0 Å². The second-order valence-electron chi connectivity index (χ2n) is 4.16. The van der Waals surface area contributed by atoms with Crippen LogP contribution in [0.4, 0.5) is 0 Å². The number of fused-ring (bicyclic) bond motifs is 2. The van der Waals surface area contributed by atoms with E-state index in [0.717, 1.165) is 22.8 Å². The van der Waals surface area contributed by atoms with Gasteiger partial charge in [-0.25, -0.2) is 0 Å². The van der Waals surface area contributed by atoms with E-state index in [9.17, 15) is 0 Å². The summed E-state index contributed by atoms with van der Waals surface area (Å²) in [6.45, 7) is 0. The van der Waals surface area contributed by atoms with Gasteiger partial charge in [-0.2, -0.15) is 10.3 Å². The van der Waals surface area contributed by atoms with Crippen LogP contribution in [0.15, 0.2) is 23.4 Å². The lowest BCUT2D eigenvalue weighted by atomic mass is 9.96. The number of aromatic amines is 1. The Bertz CT molecular complexity index is 333. The number of rotatable bonds is 3. The molecule has 1 unspecified atom stereocenters. The van der Waals surface area contributed by atoms with Gasteiger partial charge in [-0.15, -0.1) is 16.9 Å². The number of hydrogen-bond donors (Lipinski definition) is 1. The smallest absolute Gasteiger partial charge is 0.138 e. The summed E-state index contributed by atoms with van der Waals surface area (Å²) in [5.41, 5.74) is 0. The van der Waals surface area contributed by atoms with Gasteiger partial charge in [0.25, 0.3) is 0 Å². The van der Waals surface area contributed by atoms with Crippen molar-refractivity contribution in [3.05, 3.63) is 18.3 Å². The van der Waals surface area contributed by atoms with E-state index in [1.54, 1.807) is 6.20 Å². The summed E-state index contributed by atoms with van der Waals surface area (Å²) in [6.07, 6.45) is 9.37. The van der Waals surface area contributed by atoms with Gasteiger partial charge in [-0.1, -0.05) is 12.2 Å². The number of aromatic nitrogens is 3. The molecule has 1 aromatic heterocycles. The van der Waals surface area contributed by atoms with E-state index in [2.05, 4.69) is 27.6 Å². The maximum Gasteiger partial charge on any atom is 0.138 e. The molecule has 0 aliphatic heterocycles. The summed E-state index contributed by atoms with van der Waals surface area (Å²) in [4.78, 5) is 0. The van der Waals surface area contributed by atoms with Crippen LogP contribution in [-0.2, 0) is 0 Å². The lowest BCUT2D eigenvalue weighted by Crippen LogP contribution is -2.09. The number of hydrogen-bond acceptors (Lipinski definition) is 3. The lowest BCUT2D eigenvalue weighted by Gasteiger charge is -2.16. The minimum absolute atomic E-state index is 0.847. The molecule has 0 aromatic carbocycles. The Balaban J connectivity index is 1.57. The maximum absolute atomic E-state index is 4.05. The molecule has 0 saturated heterocycles. The molecule has 4 heteroatoms. The summed E-state index contributed by atoms with van der Waals surface area (Å²) >= 11 is 1.83. The van der Waals surface area contributed by atoms with Crippen molar-refractivity contribution < 1.29 is 0 Å². The Morgan fingerprint density at radius 1 is 1.43 bits per heavy atom. The monoisotopic (exact) mass is 207 g/mol. The van der Waals surface area contributed by atoms with Crippen LogP contribution < -0.4 is 0 Å². The quantitative estimate of drug-likeness (QED) is 0.609. The minimum atomic E-state index is 0.847. The highest BCUT2D eigenvalue weighted by molar-refractivity contribution is 7.99. The first-order chi connectivity index (χ1) is 6.92. The summed E-state index contributed by atoms with van der Waals surface area (Å²) in [6, 6.07) is 0. The van der Waals surface area contributed by atoms with Crippen molar-refractivity contribution in [3.63, 3.8) is 0 Å². The second kappa shape index (κ2) is 3.42. The van der Waals surface area contributed by atoms with Crippen LogP contribution >= 0.6 is 11.8 Å². The number of H-pyrrole nitrogens is 1. The first kappa shape index (κ1) is 8.53. The van der Waals surface area contributed by atoms with Crippen LogP contribution in [0.1, 0.15) is 12.8 Å². The average Bonchev–Trinajstić information content (AvgIpc) is 2.91. The third kappa shape index (κ3) is 1.47. The van der Waals surface area contributed by atoms with Crippen molar-refractivity contribution in [3.8, 4) is 0 Å². The van der Waals surface area contributed by atoms with Gasteiger partial charge in [-0.3, -0.25) is 0 Å². The number of thioether (sulfide) groups is 1. The van der Waals surface area contributed by atoms with E-state index in [1.165, 1.54) is 18.6 Å². The van der Waals surface area contributed by atoms with Crippen LogP contribution in [0.5, 0.6) is 0 Å². The van der Waals surface area contributed by atoms with Crippen molar-refractivity contribution in [2.24, 2.45) is 17.8 Å². The van der Waals surface area contributed by atoms with Crippen LogP contribution in [0.2, 0.25) is 0 Å². The Kier molecular flexibility index (Phi) is 2.09. The predicted molar refractivity (Wildman–Crippen MR) is 56.0 cm³/mol. The second-order valence-corrected chi connectivity index (χ2v) is 5.20. The van der Waals surface area contributed by atoms with Gasteiger partial charge in [0, 0.05) is 5.75 Å². The SMILES string of the molecule is C1=C[C@@H]2C[C@H]1CC2CSc1cn[nH]n1. The third-order valence-corrected chi connectivity index (χ3v) is 4.34. The molecule has 2 aliphatic carbocycles. The highest BCUT2D eigenvalue weighted by Crippen LogP contribution is 2.45. The van der Waals surface area contributed by atoms with Gasteiger partial charge >= 0.3 is 0 Å². The molecule has 1 aromatic rings. The van der Waals surface area contributed by atoms with E-state index < -0.39 is 0 Å². The van der Waals surface area contributed by atoms with Gasteiger partial charge in [0.1, 0.15) is 5.03 Å². The molecular formula is C10H13N3S. The molecule has 1 heterocycles. The number of nitrogens with zero attached hydrogens (tertiary/aromatic N) is 2. The zero-order chi connectivity index (χ0) is 9.38. The Hall–Kier alpha value is -0.770. The van der Waals surface area contributed by atoms with E-state index in [0.29, 0.717) is 0 Å². The largest absolute Gasteiger partial charge is 0.197 e. The molecule has 3 rings (SSSR count). The van der Waals surface area contributed by atoms with Gasteiger partial charge < -0.3 is 0 Å². The topological polar surface area (TPSA) is 41.6 Å². The molecule has 14 heavy (non-hydrogen) atoms. The average molecular weight is 207 g/mol. The predicted octanol–water partition coefficient (Wildman–Crippen LogP) is 2.11. The van der Waals surface area contributed by atoms with Gasteiger partial charge in [-0.05, 0) is 30.6 Å². The molecule has 0 radical (unpaired) electrons. The zero-order valence-electron chi connectivity index (χ0n) is 7.89. The third-order valence-electron chi connectivity index (χ3n) is 3.25. The highest BCUT2D eigenvalue weighted by Gasteiger charge is 2.35. The lowest BCUT2D eigenvalue weighted by molar-refractivity contribution is 0.502. The molecular weight excluding hydrogens is 194 g/mol. The van der Waals surface area contributed by atoms with Crippen molar-refractivity contribution in [2.45, 2.75) is 17.9 Å². The summed E-state index contributed by atoms with van der Waals surface area (Å²) < 4.78 is 0. The molecule has 74 valence electrons. The molecule has 2 bridgehead atoms. The van der Waals surface area contributed by atoms with Gasteiger partial charge in [0.15, 0.2) is 0 Å². The van der Waals surface area contributed by atoms with Crippen molar-refractivity contribution in [1.82, 2.24) is 15.4 Å². The number of nitrogens with one attached hydrogen (secondary N) is 1. The fourth-order valence-electron chi connectivity index (χ4n) is 2.54. The first-order valence-electron chi connectivity index (χ1n) is 5.09. The summed E-state index contributed by atoms with van der Waals surface area (Å²) in [5.74, 6) is 3.78. The van der Waals surface area contributed by atoms with Gasteiger partial charge in [0.05, 0.1) is 6.20 Å². The molecule has 0 amide bonds. The summed E-state index contributed by atoms with van der Waals surface area (Å²) in [7, 11) is 0. The standard InChI is InChI=1S/C10H13N3S/c1-2-8-3-7(1)4-9(8)6-14-10-5-11-13-12-10/h1-2,5,7-9H,3-4,6H2,(H,11,12,13)/t7-,8+,9?/m0/s1. The van der Waals surface area contributed by atoms with Gasteiger partial charge in [0.2, 0.25) is 0 Å². The Morgan fingerprint density at radius 3 is 3.07 bits per heavy atom. The number of allylic oxidation sites excluding steroid dienone is 2. The summed E-state index contributed by atoms with van der Waals surface area (Å²) in [5, 5.41) is 11.5. The first-order valence-corrected chi connectivity index (χ1v) is 6.07. The van der Waals surface area contributed by atoms with Crippen molar-refractivity contribution in [1.29, 1.82) is 0 Å². The van der Waals surface area contributed by atoms with Crippen LogP contribution in [0, 0.1) is 17.8 Å². The molecule has 1 N–H and O–H groups in total. The normalized spacial score (nSPS) is 34.1. The zero-order valence-corrected chi connectivity index (χ0v) is 8.70. The van der Waals surface area contributed by atoms with Crippen LogP contribution in [-0.4, -0.2) is 21.2 Å². The molecule has 2 aliphatic rings. The minimum Gasteiger partial charge on any atom is -0.197 e. The fourth-order valence-corrected chi connectivity index (χ4v) is 3.54. The molecule has 1 fully saturated rings. The molecule has 0 spiro atoms. The van der Waals surface area contributed by atoms with E-state index >= 15 is 0 Å².